The van der Waals surface area contributed by atoms with Gasteiger partial charge in [-0.05, 0) is 36.7 Å². The monoisotopic (exact) mass is 273 g/mol. The molecule has 3 rings (SSSR count). The molecule has 3 heterocycles. The minimum Gasteiger partial charge on any atom is -0.468 e. The van der Waals surface area contributed by atoms with Crippen LogP contribution in [0.2, 0.25) is 0 Å². The highest BCUT2D eigenvalue weighted by molar-refractivity contribution is 7.08. The van der Waals surface area contributed by atoms with Crippen molar-refractivity contribution in [2.75, 3.05) is 7.05 Å². The van der Waals surface area contributed by atoms with Crippen LogP contribution in [0.15, 0.2) is 45.7 Å². The lowest BCUT2D eigenvalue weighted by molar-refractivity contribution is 0.284. The van der Waals surface area contributed by atoms with Crippen LogP contribution in [0.5, 0.6) is 0 Å². The summed E-state index contributed by atoms with van der Waals surface area (Å²) in [5, 5.41) is 11.6. The van der Waals surface area contributed by atoms with Crippen molar-refractivity contribution in [2.24, 2.45) is 0 Å². The number of nitrogens with one attached hydrogen (secondary N) is 1. The lowest BCUT2D eigenvalue weighted by Gasteiger charge is -2.13. The molecule has 5 heteroatoms. The summed E-state index contributed by atoms with van der Waals surface area (Å²) in [4.78, 5) is 2.18. The number of hydrogen-bond acceptors (Lipinski definition) is 4. The van der Waals surface area contributed by atoms with Gasteiger partial charge in [0.1, 0.15) is 5.76 Å². The number of thiophene rings is 1. The summed E-state index contributed by atoms with van der Waals surface area (Å²) in [7, 11) is 2.06. The molecule has 0 aromatic carbocycles. The lowest BCUT2D eigenvalue weighted by atomic mass is 10.2. The SMILES string of the molecule is CN(Cc1cc(-c2ccsc2)n[nH]1)Cc1ccco1. The molecule has 19 heavy (non-hydrogen) atoms. The second-order valence-electron chi connectivity index (χ2n) is 4.54. The summed E-state index contributed by atoms with van der Waals surface area (Å²) < 4.78 is 5.34. The Balaban J connectivity index is 1.64. The van der Waals surface area contributed by atoms with E-state index in [0.717, 1.165) is 30.2 Å². The van der Waals surface area contributed by atoms with Gasteiger partial charge in [-0.15, -0.1) is 0 Å². The predicted octanol–water partition coefficient (Wildman–Crippen LogP) is 3.36. The van der Waals surface area contributed by atoms with Gasteiger partial charge in [0.05, 0.1) is 18.5 Å². The average Bonchev–Trinajstić information content (AvgIpc) is 3.09. The maximum absolute atomic E-state index is 5.34. The smallest absolute Gasteiger partial charge is 0.117 e. The van der Waals surface area contributed by atoms with Crippen LogP contribution in [0.1, 0.15) is 11.5 Å². The Morgan fingerprint density at radius 1 is 1.37 bits per heavy atom. The summed E-state index contributed by atoms with van der Waals surface area (Å²) >= 11 is 1.68. The van der Waals surface area contributed by atoms with E-state index in [1.54, 1.807) is 17.6 Å². The molecule has 4 nitrogen and oxygen atoms in total. The Kier molecular flexibility index (Phi) is 3.48. The molecule has 0 spiro atoms. The van der Waals surface area contributed by atoms with Gasteiger partial charge in [-0.25, -0.2) is 0 Å². The molecule has 0 saturated heterocycles. The van der Waals surface area contributed by atoms with Crippen molar-refractivity contribution in [3.63, 3.8) is 0 Å². The molecule has 0 aliphatic heterocycles. The molecule has 0 saturated carbocycles. The van der Waals surface area contributed by atoms with Crippen molar-refractivity contribution in [2.45, 2.75) is 13.1 Å². The van der Waals surface area contributed by atoms with E-state index in [1.807, 2.05) is 12.1 Å². The third kappa shape index (κ3) is 2.94. The first-order valence-corrected chi connectivity index (χ1v) is 7.03. The van der Waals surface area contributed by atoms with Gasteiger partial charge in [-0.2, -0.15) is 16.4 Å². The van der Waals surface area contributed by atoms with Crippen LogP contribution in [0.4, 0.5) is 0 Å². The largest absolute Gasteiger partial charge is 0.468 e. The van der Waals surface area contributed by atoms with Crippen molar-refractivity contribution in [1.82, 2.24) is 15.1 Å². The topological polar surface area (TPSA) is 45.1 Å². The molecule has 1 N–H and O–H groups in total. The normalized spacial score (nSPS) is 11.3. The van der Waals surface area contributed by atoms with Gasteiger partial charge in [0.25, 0.3) is 0 Å². The third-order valence-corrected chi connectivity index (χ3v) is 3.58. The maximum Gasteiger partial charge on any atom is 0.117 e. The summed E-state index contributed by atoms with van der Waals surface area (Å²) in [6, 6.07) is 8.08. The second kappa shape index (κ2) is 5.42. The highest BCUT2D eigenvalue weighted by Crippen LogP contribution is 2.20. The number of aromatic amines is 1. The van der Waals surface area contributed by atoms with Crippen molar-refractivity contribution >= 4 is 11.3 Å². The van der Waals surface area contributed by atoms with Crippen LogP contribution in [-0.2, 0) is 13.1 Å². The Morgan fingerprint density at radius 3 is 3.05 bits per heavy atom. The third-order valence-electron chi connectivity index (χ3n) is 2.89. The Hall–Kier alpha value is -1.85. The van der Waals surface area contributed by atoms with Crippen molar-refractivity contribution in [1.29, 1.82) is 0 Å². The molecule has 0 unspecified atom stereocenters. The number of aromatic nitrogens is 2. The molecule has 0 radical (unpaired) electrons. The second-order valence-corrected chi connectivity index (χ2v) is 5.32. The van der Waals surface area contributed by atoms with Crippen molar-refractivity contribution < 1.29 is 4.42 Å². The zero-order valence-electron chi connectivity index (χ0n) is 10.7. The summed E-state index contributed by atoms with van der Waals surface area (Å²) in [5.41, 5.74) is 3.28. The number of rotatable bonds is 5. The highest BCUT2D eigenvalue weighted by atomic mass is 32.1. The quantitative estimate of drug-likeness (QED) is 0.775. The minimum absolute atomic E-state index is 0.791. The van der Waals surface area contributed by atoms with E-state index in [4.69, 9.17) is 4.42 Å². The van der Waals surface area contributed by atoms with Crippen LogP contribution in [0, 0.1) is 0 Å². The van der Waals surface area contributed by atoms with E-state index in [0.29, 0.717) is 0 Å². The maximum atomic E-state index is 5.34. The summed E-state index contributed by atoms with van der Waals surface area (Å²) in [5.74, 6) is 0.972. The van der Waals surface area contributed by atoms with E-state index >= 15 is 0 Å². The first-order chi connectivity index (χ1) is 9.31. The summed E-state index contributed by atoms with van der Waals surface area (Å²) in [6.45, 7) is 1.61. The highest BCUT2D eigenvalue weighted by Gasteiger charge is 2.08. The van der Waals surface area contributed by atoms with Gasteiger partial charge >= 0.3 is 0 Å². The van der Waals surface area contributed by atoms with Crippen LogP contribution < -0.4 is 0 Å². The molecule has 98 valence electrons. The summed E-state index contributed by atoms with van der Waals surface area (Å²) in [6.07, 6.45) is 1.70. The van der Waals surface area contributed by atoms with Gasteiger partial charge in [0, 0.05) is 23.2 Å². The molecule has 0 aliphatic rings. The Labute approximate surface area is 115 Å². The Morgan fingerprint density at radius 2 is 2.32 bits per heavy atom. The van der Waals surface area contributed by atoms with E-state index in [2.05, 4.69) is 45.0 Å². The minimum atomic E-state index is 0.791. The van der Waals surface area contributed by atoms with Crippen LogP contribution in [0.25, 0.3) is 11.3 Å². The van der Waals surface area contributed by atoms with Gasteiger partial charge < -0.3 is 4.42 Å². The van der Waals surface area contributed by atoms with Gasteiger partial charge in [0.2, 0.25) is 0 Å². The zero-order valence-corrected chi connectivity index (χ0v) is 11.5. The molecular formula is C14H15N3OS. The van der Waals surface area contributed by atoms with Gasteiger partial charge in [-0.3, -0.25) is 10.00 Å². The predicted molar refractivity (Wildman–Crippen MR) is 75.8 cm³/mol. The fraction of sp³-hybridized carbons (Fsp3) is 0.214. The number of hydrogen-bond donors (Lipinski definition) is 1. The number of nitrogens with zero attached hydrogens (tertiary/aromatic N) is 2. The van der Waals surface area contributed by atoms with E-state index in [-0.39, 0.29) is 0 Å². The Bertz CT molecular complexity index is 613. The molecule has 0 aliphatic carbocycles. The molecule has 3 aromatic heterocycles. The zero-order chi connectivity index (χ0) is 13.1. The number of H-pyrrole nitrogens is 1. The molecule has 0 atom stereocenters. The lowest BCUT2D eigenvalue weighted by Crippen LogP contribution is -2.17. The van der Waals surface area contributed by atoms with Crippen molar-refractivity contribution in [3.8, 4) is 11.3 Å². The van der Waals surface area contributed by atoms with Crippen LogP contribution in [-0.4, -0.2) is 22.1 Å². The molecule has 0 fully saturated rings. The number of furan rings is 1. The molecule has 0 bridgehead atoms. The van der Waals surface area contributed by atoms with E-state index in [1.165, 1.54) is 5.56 Å². The van der Waals surface area contributed by atoms with Gasteiger partial charge in [0.15, 0.2) is 0 Å². The van der Waals surface area contributed by atoms with E-state index < -0.39 is 0 Å². The molecule has 0 amide bonds. The molecular weight excluding hydrogens is 258 g/mol. The van der Waals surface area contributed by atoms with Crippen molar-refractivity contribution in [3.05, 3.63) is 52.7 Å². The fourth-order valence-corrected chi connectivity index (χ4v) is 2.67. The van der Waals surface area contributed by atoms with E-state index in [9.17, 15) is 0 Å². The standard InChI is InChI=1S/C14H15N3OS/c1-17(9-13-3-2-5-18-13)8-12-7-14(16-15-12)11-4-6-19-10-11/h2-7,10H,8-9H2,1H3,(H,15,16). The van der Waals surface area contributed by atoms with Crippen LogP contribution in [0.3, 0.4) is 0 Å². The average molecular weight is 273 g/mol. The molecule has 3 aromatic rings. The van der Waals surface area contributed by atoms with Crippen LogP contribution >= 0.6 is 11.3 Å². The first kappa shape index (κ1) is 12.2. The van der Waals surface area contributed by atoms with Gasteiger partial charge in [-0.1, -0.05) is 0 Å². The fourth-order valence-electron chi connectivity index (χ4n) is 2.02. The first-order valence-electron chi connectivity index (χ1n) is 6.09.